The molecule has 5 nitrogen and oxygen atoms in total. The molecule has 3 heterocycles. The van der Waals surface area contributed by atoms with Gasteiger partial charge in [-0.15, -0.1) is 0 Å². The molecule has 0 atom stereocenters. The number of amides is 1. The predicted octanol–water partition coefficient (Wildman–Crippen LogP) is 5.31. The van der Waals surface area contributed by atoms with Gasteiger partial charge in [0.1, 0.15) is 11.5 Å². The number of hydrogen-bond donors (Lipinski definition) is 0. The van der Waals surface area contributed by atoms with E-state index in [0.717, 1.165) is 72.6 Å². The van der Waals surface area contributed by atoms with E-state index >= 15 is 0 Å². The molecular weight excluding hydrogens is 440 g/mol. The summed E-state index contributed by atoms with van der Waals surface area (Å²) in [6, 6.07) is 12.3. The average molecular weight is 469 g/mol. The van der Waals surface area contributed by atoms with Crippen LogP contribution in [-0.2, 0) is 13.0 Å². The first-order chi connectivity index (χ1) is 14.6. The van der Waals surface area contributed by atoms with Crippen molar-refractivity contribution in [3.63, 3.8) is 0 Å². The highest BCUT2D eigenvalue weighted by Gasteiger charge is 2.21. The fraction of sp³-hybridized carbons (Fsp3) is 0.417. The summed E-state index contributed by atoms with van der Waals surface area (Å²) in [7, 11) is 0. The zero-order valence-corrected chi connectivity index (χ0v) is 19.4. The number of fused-ring (bicyclic) bond motifs is 1. The van der Waals surface area contributed by atoms with Gasteiger partial charge in [0.15, 0.2) is 0 Å². The van der Waals surface area contributed by atoms with Crippen LogP contribution in [0.5, 0.6) is 0 Å². The van der Waals surface area contributed by atoms with Crippen molar-refractivity contribution in [3.8, 4) is 0 Å². The number of hydrogen-bond acceptors (Lipinski definition) is 3. The minimum absolute atomic E-state index is 0.129. The number of benzene rings is 1. The van der Waals surface area contributed by atoms with Crippen LogP contribution in [0.4, 0.5) is 5.82 Å². The van der Waals surface area contributed by atoms with Crippen LogP contribution in [0, 0.1) is 0 Å². The first-order valence-electron chi connectivity index (χ1n) is 10.9. The van der Waals surface area contributed by atoms with E-state index in [-0.39, 0.29) is 5.91 Å². The molecule has 0 spiro atoms. The van der Waals surface area contributed by atoms with Gasteiger partial charge in [0.2, 0.25) is 0 Å². The first-order valence-corrected chi connectivity index (χ1v) is 11.7. The van der Waals surface area contributed by atoms with Gasteiger partial charge >= 0.3 is 0 Å². The maximum Gasteiger partial charge on any atom is 0.255 e. The molecule has 0 aliphatic carbocycles. The quantitative estimate of drug-likeness (QED) is 0.491. The highest BCUT2D eigenvalue weighted by molar-refractivity contribution is 9.10. The normalized spacial score (nSPS) is 14.3. The molecule has 1 aliphatic rings. The van der Waals surface area contributed by atoms with Crippen LogP contribution in [0.3, 0.4) is 0 Å². The lowest BCUT2D eigenvalue weighted by Crippen LogP contribution is -2.35. The number of carbonyl (C=O) groups excluding carboxylic acids is 1. The van der Waals surface area contributed by atoms with Crippen molar-refractivity contribution in [2.24, 2.45) is 0 Å². The number of nitrogens with zero attached hydrogens (tertiary/aromatic N) is 4. The zero-order valence-electron chi connectivity index (χ0n) is 17.8. The largest absolute Gasteiger partial charge is 0.352 e. The van der Waals surface area contributed by atoms with Gasteiger partial charge in [-0.25, -0.2) is 4.98 Å². The highest BCUT2D eigenvalue weighted by Crippen LogP contribution is 2.26. The van der Waals surface area contributed by atoms with Gasteiger partial charge in [-0.05, 0) is 62.4 Å². The van der Waals surface area contributed by atoms with E-state index in [2.05, 4.69) is 57.3 Å². The zero-order chi connectivity index (χ0) is 21.1. The Morgan fingerprint density at radius 2 is 1.93 bits per heavy atom. The number of rotatable bonds is 6. The number of likely N-dealkylation sites (tertiary alicyclic amines) is 1. The second kappa shape index (κ2) is 9.21. The van der Waals surface area contributed by atoms with Gasteiger partial charge in [-0.1, -0.05) is 35.0 Å². The number of piperidine rings is 1. The van der Waals surface area contributed by atoms with E-state index in [4.69, 9.17) is 4.98 Å². The van der Waals surface area contributed by atoms with E-state index in [1.165, 1.54) is 12.0 Å². The van der Waals surface area contributed by atoms with Crippen LogP contribution in [-0.4, -0.2) is 39.8 Å². The Labute approximate surface area is 186 Å². The fourth-order valence-electron chi connectivity index (χ4n) is 4.25. The molecule has 1 aromatic carbocycles. The van der Waals surface area contributed by atoms with E-state index < -0.39 is 0 Å². The van der Waals surface area contributed by atoms with Gasteiger partial charge in [-0.3, -0.25) is 9.20 Å². The van der Waals surface area contributed by atoms with Crippen LogP contribution in [0.2, 0.25) is 0 Å². The Balaban J connectivity index is 1.72. The standard InChI is InChI=1S/C24H29BrN4O/c1-3-21-23(27(4-2)16-18-9-8-10-20(25)15-18)29-17-19(11-12-22(29)26-21)24(30)28-13-6-5-7-14-28/h8-12,15,17H,3-7,13-14,16H2,1-2H3. The molecule has 30 heavy (non-hydrogen) atoms. The number of imidazole rings is 1. The molecule has 2 aromatic heterocycles. The molecule has 0 bridgehead atoms. The summed E-state index contributed by atoms with van der Waals surface area (Å²) < 4.78 is 3.19. The average Bonchev–Trinajstić information content (AvgIpc) is 3.15. The van der Waals surface area contributed by atoms with Crippen LogP contribution in [0.25, 0.3) is 5.65 Å². The molecule has 158 valence electrons. The second-order valence-corrected chi connectivity index (χ2v) is 8.79. The van der Waals surface area contributed by atoms with Crippen molar-refractivity contribution in [1.29, 1.82) is 0 Å². The molecule has 6 heteroatoms. The molecule has 3 aromatic rings. The van der Waals surface area contributed by atoms with Crippen molar-refractivity contribution in [2.45, 2.75) is 46.1 Å². The van der Waals surface area contributed by atoms with Gasteiger partial charge in [0, 0.05) is 36.8 Å². The monoisotopic (exact) mass is 468 g/mol. The van der Waals surface area contributed by atoms with Gasteiger partial charge in [-0.2, -0.15) is 0 Å². The summed E-state index contributed by atoms with van der Waals surface area (Å²) >= 11 is 3.58. The van der Waals surface area contributed by atoms with Crippen molar-refractivity contribution in [3.05, 3.63) is 63.9 Å². The van der Waals surface area contributed by atoms with Gasteiger partial charge in [0.05, 0.1) is 11.3 Å². The number of anilines is 1. The van der Waals surface area contributed by atoms with Crippen molar-refractivity contribution >= 4 is 33.3 Å². The molecule has 1 aliphatic heterocycles. The molecule has 4 rings (SSSR count). The molecule has 0 radical (unpaired) electrons. The first kappa shape index (κ1) is 20.9. The SMILES string of the molecule is CCc1nc2ccc(C(=O)N3CCCCC3)cn2c1N(CC)Cc1cccc(Br)c1. The van der Waals surface area contributed by atoms with E-state index in [1.807, 2.05) is 29.3 Å². The molecular formula is C24H29BrN4O. The summed E-state index contributed by atoms with van der Waals surface area (Å²) in [4.78, 5) is 22.3. The van der Waals surface area contributed by atoms with Crippen LogP contribution >= 0.6 is 15.9 Å². The van der Waals surface area contributed by atoms with Gasteiger partial charge in [0.25, 0.3) is 5.91 Å². The van der Waals surface area contributed by atoms with Crippen LogP contribution < -0.4 is 4.90 Å². The summed E-state index contributed by atoms with van der Waals surface area (Å²) in [5.41, 5.74) is 3.94. The Bertz CT molecular complexity index is 1040. The number of aryl methyl sites for hydroxylation is 1. The summed E-state index contributed by atoms with van der Waals surface area (Å²) in [5, 5.41) is 0. The fourth-order valence-corrected chi connectivity index (χ4v) is 4.70. The minimum atomic E-state index is 0.129. The third-order valence-electron chi connectivity index (χ3n) is 5.83. The summed E-state index contributed by atoms with van der Waals surface area (Å²) in [6.07, 6.45) is 6.25. The molecule has 1 fully saturated rings. The van der Waals surface area contributed by atoms with Crippen LogP contribution in [0.1, 0.15) is 54.7 Å². The summed E-state index contributed by atoms with van der Waals surface area (Å²) in [5.74, 6) is 1.22. The number of pyridine rings is 1. The lowest BCUT2D eigenvalue weighted by Gasteiger charge is -2.27. The molecule has 1 amide bonds. The molecule has 0 saturated carbocycles. The predicted molar refractivity (Wildman–Crippen MR) is 125 cm³/mol. The van der Waals surface area contributed by atoms with E-state index in [1.54, 1.807) is 0 Å². The Hall–Kier alpha value is -2.34. The Morgan fingerprint density at radius 3 is 2.63 bits per heavy atom. The number of halogens is 1. The highest BCUT2D eigenvalue weighted by atomic mass is 79.9. The minimum Gasteiger partial charge on any atom is -0.352 e. The second-order valence-electron chi connectivity index (χ2n) is 7.88. The maximum atomic E-state index is 13.1. The lowest BCUT2D eigenvalue weighted by atomic mass is 10.1. The van der Waals surface area contributed by atoms with Crippen molar-refractivity contribution in [1.82, 2.24) is 14.3 Å². The lowest BCUT2D eigenvalue weighted by molar-refractivity contribution is 0.0724. The molecule has 0 N–H and O–H groups in total. The van der Waals surface area contributed by atoms with Gasteiger partial charge < -0.3 is 9.80 Å². The summed E-state index contributed by atoms with van der Waals surface area (Å²) in [6.45, 7) is 7.67. The van der Waals surface area contributed by atoms with E-state index in [9.17, 15) is 4.79 Å². The van der Waals surface area contributed by atoms with Crippen LogP contribution in [0.15, 0.2) is 47.1 Å². The Kier molecular flexibility index (Phi) is 6.42. The third kappa shape index (κ3) is 4.24. The van der Waals surface area contributed by atoms with E-state index in [0.29, 0.717) is 0 Å². The number of aromatic nitrogens is 2. The van der Waals surface area contributed by atoms with Crippen molar-refractivity contribution in [2.75, 3.05) is 24.5 Å². The number of carbonyl (C=O) groups is 1. The third-order valence-corrected chi connectivity index (χ3v) is 6.32. The Morgan fingerprint density at radius 1 is 1.13 bits per heavy atom. The topological polar surface area (TPSA) is 40.9 Å². The van der Waals surface area contributed by atoms with Crippen molar-refractivity contribution < 1.29 is 4.79 Å². The molecule has 0 unspecified atom stereocenters. The smallest absolute Gasteiger partial charge is 0.255 e. The molecule has 1 saturated heterocycles. The maximum absolute atomic E-state index is 13.1.